The maximum absolute atomic E-state index is 3.07. The second kappa shape index (κ2) is 11.5. The molecule has 4 atom stereocenters. The zero-order valence-corrected chi connectivity index (χ0v) is 24.3. The van der Waals surface area contributed by atoms with Crippen molar-refractivity contribution in [2.75, 3.05) is 0 Å². The van der Waals surface area contributed by atoms with Crippen molar-refractivity contribution in [2.24, 2.45) is 17.3 Å². The number of hydrogen-bond acceptors (Lipinski definition) is 1. The summed E-state index contributed by atoms with van der Waals surface area (Å²) in [6.07, 6.45) is 34.7. The molecular weight excluding hydrogens is 525 g/mol. The number of alkyl halides is 1. The molecule has 0 aliphatic heterocycles. The average Bonchev–Trinajstić information content (AvgIpc) is 2.88. The molecule has 5 aliphatic rings. The van der Waals surface area contributed by atoms with Gasteiger partial charge in [0.25, 0.3) is 0 Å². The first-order chi connectivity index (χ1) is 16.5. The van der Waals surface area contributed by atoms with E-state index in [-0.39, 0.29) is 0 Å². The molecule has 34 heavy (non-hydrogen) atoms. The van der Waals surface area contributed by atoms with Crippen LogP contribution in [0.4, 0.5) is 0 Å². The highest BCUT2D eigenvalue weighted by Crippen LogP contribution is 2.55. The van der Waals surface area contributed by atoms with E-state index >= 15 is 0 Å². The van der Waals surface area contributed by atoms with Gasteiger partial charge in [0.15, 0.2) is 0 Å². The molecule has 0 aromatic heterocycles. The van der Waals surface area contributed by atoms with Gasteiger partial charge in [0.2, 0.25) is 0 Å². The molecule has 1 nitrogen and oxygen atoms in total. The lowest BCUT2D eigenvalue weighted by atomic mass is 9.56. The van der Waals surface area contributed by atoms with Crippen LogP contribution in [0.15, 0.2) is 35.5 Å². The Morgan fingerprint density at radius 2 is 1.59 bits per heavy atom. The van der Waals surface area contributed by atoms with Crippen molar-refractivity contribution in [3.63, 3.8) is 0 Å². The van der Waals surface area contributed by atoms with Gasteiger partial charge in [-0.2, -0.15) is 0 Å². The minimum atomic E-state index is 0.579. The van der Waals surface area contributed by atoms with E-state index in [1.165, 1.54) is 109 Å². The molecule has 190 valence electrons. The Labute approximate surface area is 224 Å². The fraction of sp³-hybridized carbons (Fsp3) is 0.812. The minimum Gasteiger partial charge on any atom is -0.291 e. The van der Waals surface area contributed by atoms with Crippen LogP contribution in [0, 0.1) is 17.3 Å². The van der Waals surface area contributed by atoms with Gasteiger partial charge in [0.1, 0.15) is 0 Å². The van der Waals surface area contributed by atoms with Gasteiger partial charge in [-0.1, -0.05) is 84.2 Å². The van der Waals surface area contributed by atoms with Gasteiger partial charge >= 0.3 is 0 Å². The summed E-state index contributed by atoms with van der Waals surface area (Å²) in [5.41, 5.74) is 4.12. The Bertz CT molecular complexity index is 764. The Morgan fingerprint density at radius 1 is 0.794 bits per heavy atom. The molecule has 0 amide bonds. The molecule has 5 aliphatic carbocycles. The van der Waals surface area contributed by atoms with E-state index in [1.54, 1.807) is 5.57 Å². The summed E-state index contributed by atoms with van der Waals surface area (Å²) < 4.78 is 0.880. The Hall–Kier alpha value is -0.0900. The SMILES string of the molecule is CC1=CCC(N(C2C=CC(C)CC2)C2CCC(C3(C4=CCC(I)CC4)CCCCC3)CC2)CC1. The fourth-order valence-corrected chi connectivity index (χ4v) is 9.18. The van der Waals surface area contributed by atoms with Crippen LogP contribution in [0.25, 0.3) is 0 Å². The van der Waals surface area contributed by atoms with Crippen LogP contribution in [0.1, 0.15) is 123 Å². The van der Waals surface area contributed by atoms with Gasteiger partial charge in [0, 0.05) is 22.1 Å². The summed E-state index contributed by atoms with van der Waals surface area (Å²) in [5, 5.41) is 0. The molecule has 0 radical (unpaired) electrons. The van der Waals surface area contributed by atoms with E-state index in [9.17, 15) is 0 Å². The third-order valence-corrected chi connectivity index (χ3v) is 11.8. The van der Waals surface area contributed by atoms with Gasteiger partial charge in [-0.15, -0.1) is 0 Å². The largest absolute Gasteiger partial charge is 0.291 e. The van der Waals surface area contributed by atoms with Crippen molar-refractivity contribution in [3.8, 4) is 0 Å². The highest BCUT2D eigenvalue weighted by Gasteiger charge is 2.45. The summed E-state index contributed by atoms with van der Waals surface area (Å²) in [4.78, 5) is 3.07. The maximum Gasteiger partial charge on any atom is 0.0284 e. The van der Waals surface area contributed by atoms with E-state index in [0.29, 0.717) is 11.5 Å². The van der Waals surface area contributed by atoms with E-state index in [0.717, 1.165) is 27.8 Å². The van der Waals surface area contributed by atoms with Crippen LogP contribution < -0.4 is 0 Å². The molecule has 2 heteroatoms. The van der Waals surface area contributed by atoms with Crippen LogP contribution >= 0.6 is 22.6 Å². The normalized spacial score (nSPS) is 38.9. The molecule has 0 spiro atoms. The number of allylic oxidation sites excluding steroid dienone is 4. The molecule has 0 saturated heterocycles. The second-order valence-electron chi connectivity index (χ2n) is 12.8. The van der Waals surface area contributed by atoms with Gasteiger partial charge < -0.3 is 0 Å². The maximum atomic E-state index is 3.07. The standard InChI is InChI=1S/C32H50IN/c1-24-6-16-29(17-7-24)34(30-18-8-25(2)9-19-30)31-20-12-27(13-21-31)32(22-4-3-5-23-32)26-10-14-28(33)15-11-26/h6,8,10,16,24,27-31H,3-5,7,9,11-15,17-23H2,1-2H3. The summed E-state index contributed by atoms with van der Waals surface area (Å²) in [7, 11) is 0. The first-order valence-electron chi connectivity index (χ1n) is 15.0. The number of nitrogens with zero attached hydrogens (tertiary/aromatic N) is 1. The first-order valence-corrected chi connectivity index (χ1v) is 16.2. The van der Waals surface area contributed by atoms with Crippen LogP contribution in [0.5, 0.6) is 0 Å². The molecule has 0 N–H and O–H groups in total. The number of rotatable bonds is 5. The summed E-state index contributed by atoms with van der Waals surface area (Å²) in [5.74, 6) is 1.73. The van der Waals surface area contributed by atoms with Crippen LogP contribution in [-0.2, 0) is 0 Å². The smallest absolute Gasteiger partial charge is 0.0284 e. The van der Waals surface area contributed by atoms with Gasteiger partial charge in [-0.25, -0.2) is 0 Å². The van der Waals surface area contributed by atoms with E-state index in [1.807, 2.05) is 5.57 Å². The van der Waals surface area contributed by atoms with Crippen molar-refractivity contribution in [1.82, 2.24) is 4.90 Å². The van der Waals surface area contributed by atoms with Crippen molar-refractivity contribution in [2.45, 2.75) is 145 Å². The first kappa shape index (κ1) is 25.6. The third-order valence-electron chi connectivity index (χ3n) is 10.6. The molecule has 2 fully saturated rings. The lowest BCUT2D eigenvalue weighted by molar-refractivity contribution is 0.0228. The zero-order valence-electron chi connectivity index (χ0n) is 22.1. The third kappa shape index (κ3) is 5.58. The van der Waals surface area contributed by atoms with Crippen LogP contribution in [0.3, 0.4) is 0 Å². The summed E-state index contributed by atoms with van der Waals surface area (Å²) in [6, 6.07) is 2.29. The predicted octanol–water partition coefficient (Wildman–Crippen LogP) is 9.57. The zero-order chi connectivity index (χ0) is 23.5. The summed E-state index contributed by atoms with van der Waals surface area (Å²) >= 11 is 2.69. The molecule has 0 bridgehead atoms. The Morgan fingerprint density at radius 3 is 2.21 bits per heavy atom. The molecule has 4 unspecified atom stereocenters. The minimum absolute atomic E-state index is 0.579. The lowest BCUT2D eigenvalue weighted by Gasteiger charge is -2.52. The fourth-order valence-electron chi connectivity index (χ4n) is 8.61. The lowest BCUT2D eigenvalue weighted by Crippen LogP contribution is -2.52. The van der Waals surface area contributed by atoms with Crippen LogP contribution in [0.2, 0.25) is 0 Å². The van der Waals surface area contributed by atoms with Crippen molar-refractivity contribution in [1.29, 1.82) is 0 Å². The molecular formula is C32H50IN. The topological polar surface area (TPSA) is 3.24 Å². The molecule has 0 aromatic carbocycles. The highest BCUT2D eigenvalue weighted by atomic mass is 127. The highest BCUT2D eigenvalue weighted by molar-refractivity contribution is 14.1. The van der Waals surface area contributed by atoms with Gasteiger partial charge in [0.05, 0.1) is 0 Å². The predicted molar refractivity (Wildman–Crippen MR) is 156 cm³/mol. The number of halogens is 1. The van der Waals surface area contributed by atoms with Crippen LogP contribution in [-0.4, -0.2) is 27.0 Å². The Balaban J connectivity index is 1.31. The quantitative estimate of drug-likeness (QED) is 0.179. The van der Waals surface area contributed by atoms with E-state index in [2.05, 4.69) is 65.6 Å². The molecule has 0 aromatic rings. The van der Waals surface area contributed by atoms with Crippen molar-refractivity contribution >= 4 is 22.6 Å². The van der Waals surface area contributed by atoms with E-state index in [4.69, 9.17) is 0 Å². The van der Waals surface area contributed by atoms with E-state index < -0.39 is 0 Å². The van der Waals surface area contributed by atoms with Crippen molar-refractivity contribution < 1.29 is 0 Å². The van der Waals surface area contributed by atoms with Gasteiger partial charge in [-0.3, -0.25) is 4.90 Å². The van der Waals surface area contributed by atoms with Gasteiger partial charge in [-0.05, 0) is 114 Å². The molecule has 2 saturated carbocycles. The Kier molecular flexibility index (Phi) is 8.67. The van der Waals surface area contributed by atoms with Crippen molar-refractivity contribution in [3.05, 3.63) is 35.5 Å². The second-order valence-corrected chi connectivity index (χ2v) is 14.5. The monoisotopic (exact) mass is 575 g/mol. The molecule has 0 heterocycles. The molecule has 5 rings (SSSR count). The average molecular weight is 576 g/mol. The summed E-state index contributed by atoms with van der Waals surface area (Å²) in [6.45, 7) is 4.75. The number of hydrogen-bond donors (Lipinski definition) is 0.